The molecule has 0 saturated carbocycles. The van der Waals surface area contributed by atoms with Gasteiger partial charge in [-0.2, -0.15) is 0 Å². The van der Waals surface area contributed by atoms with E-state index in [2.05, 4.69) is 0 Å². The van der Waals surface area contributed by atoms with Crippen molar-refractivity contribution in [3.8, 4) is 11.5 Å². The molecule has 0 N–H and O–H groups in total. The van der Waals surface area contributed by atoms with Crippen LogP contribution in [0.15, 0.2) is 66.7 Å². The number of carbonyl (C=O) groups excluding carboxylic acids is 1. The van der Waals surface area contributed by atoms with Gasteiger partial charge in [-0.1, -0.05) is 48.5 Å². The zero-order valence-corrected chi connectivity index (χ0v) is 16.5. The van der Waals surface area contributed by atoms with E-state index < -0.39 is 18.1 Å². The summed E-state index contributed by atoms with van der Waals surface area (Å²) in [6, 6.07) is 19.5. The quantitative estimate of drug-likeness (QED) is 0.545. The predicted octanol–water partition coefficient (Wildman–Crippen LogP) is 4.86. The maximum absolute atomic E-state index is 14.0. The molecule has 1 aliphatic heterocycles. The average Bonchev–Trinajstić information content (AvgIpc) is 2.77. The van der Waals surface area contributed by atoms with Crippen LogP contribution in [0.25, 0.3) is 0 Å². The van der Waals surface area contributed by atoms with Crippen molar-refractivity contribution < 1.29 is 28.1 Å². The van der Waals surface area contributed by atoms with Gasteiger partial charge in [0.1, 0.15) is 23.9 Å². The smallest absolute Gasteiger partial charge is 0.344 e. The van der Waals surface area contributed by atoms with Gasteiger partial charge in [0.2, 0.25) is 6.29 Å². The number of carbonyl (C=O) groups is 1. The summed E-state index contributed by atoms with van der Waals surface area (Å²) in [5.41, 5.74) is 2.79. The molecule has 1 aliphatic rings. The Hall–Kier alpha value is -3.38. The highest BCUT2D eigenvalue weighted by atomic mass is 19.1. The third-order valence-electron chi connectivity index (χ3n) is 4.72. The molecule has 0 unspecified atom stereocenters. The Morgan fingerprint density at radius 3 is 2.67 bits per heavy atom. The highest BCUT2D eigenvalue weighted by molar-refractivity contribution is 5.71. The molecule has 5 nitrogen and oxygen atoms in total. The van der Waals surface area contributed by atoms with E-state index in [-0.39, 0.29) is 19.8 Å². The van der Waals surface area contributed by atoms with Crippen LogP contribution in [-0.2, 0) is 27.5 Å². The lowest BCUT2D eigenvalue weighted by Crippen LogP contribution is -2.20. The SMILES string of the molecule is Cc1ccccc1OCC(=O)OCc1cc(F)cc2c1O[C@@H](c1ccccc1)OC2. The lowest BCUT2D eigenvalue weighted by molar-refractivity contribution is -0.147. The molecule has 4 rings (SSSR count). The van der Waals surface area contributed by atoms with Crippen molar-refractivity contribution in [2.75, 3.05) is 6.61 Å². The van der Waals surface area contributed by atoms with Crippen LogP contribution in [0, 0.1) is 12.7 Å². The van der Waals surface area contributed by atoms with Crippen LogP contribution in [0.3, 0.4) is 0 Å². The van der Waals surface area contributed by atoms with Crippen molar-refractivity contribution in [1.82, 2.24) is 0 Å². The van der Waals surface area contributed by atoms with Gasteiger partial charge >= 0.3 is 5.97 Å². The number of halogens is 1. The van der Waals surface area contributed by atoms with Crippen LogP contribution in [-0.4, -0.2) is 12.6 Å². The number of ether oxygens (including phenoxy) is 4. The van der Waals surface area contributed by atoms with Gasteiger partial charge in [0.05, 0.1) is 6.61 Å². The topological polar surface area (TPSA) is 54.0 Å². The molecule has 0 saturated heterocycles. The molecule has 1 atom stereocenters. The summed E-state index contributed by atoms with van der Waals surface area (Å²) < 4.78 is 36.5. The van der Waals surface area contributed by atoms with Crippen LogP contribution in [0.1, 0.15) is 28.5 Å². The molecule has 0 aromatic heterocycles. The Balaban J connectivity index is 1.43. The van der Waals surface area contributed by atoms with E-state index in [1.165, 1.54) is 12.1 Å². The molecule has 154 valence electrons. The van der Waals surface area contributed by atoms with Gasteiger partial charge in [0.15, 0.2) is 6.61 Å². The molecule has 0 fully saturated rings. The van der Waals surface area contributed by atoms with Crippen molar-refractivity contribution in [2.45, 2.75) is 26.4 Å². The van der Waals surface area contributed by atoms with Crippen LogP contribution in [0.4, 0.5) is 4.39 Å². The fourth-order valence-electron chi connectivity index (χ4n) is 3.21. The third-order valence-corrected chi connectivity index (χ3v) is 4.72. The summed E-state index contributed by atoms with van der Waals surface area (Å²) in [7, 11) is 0. The standard InChI is InChI=1S/C24H21FO5/c1-16-7-5-6-10-21(16)27-15-22(26)28-13-18-11-20(25)12-19-14-29-24(30-23(18)19)17-8-3-2-4-9-17/h2-12,24H,13-15H2,1H3/t24-/m0/s1. The molecule has 1 heterocycles. The number of esters is 1. The molecule has 3 aromatic rings. The molecule has 0 bridgehead atoms. The molecular formula is C24H21FO5. The van der Waals surface area contributed by atoms with Gasteiger partial charge in [-0.25, -0.2) is 9.18 Å². The predicted molar refractivity (Wildman–Crippen MR) is 107 cm³/mol. The second-order valence-corrected chi connectivity index (χ2v) is 6.94. The average molecular weight is 408 g/mol. The van der Waals surface area contributed by atoms with Gasteiger partial charge in [-0.05, 0) is 30.7 Å². The molecule has 0 aliphatic carbocycles. The number of hydrogen-bond donors (Lipinski definition) is 0. The first-order chi connectivity index (χ1) is 14.6. The molecular weight excluding hydrogens is 387 g/mol. The first-order valence-corrected chi connectivity index (χ1v) is 9.58. The summed E-state index contributed by atoms with van der Waals surface area (Å²) in [5, 5.41) is 0. The van der Waals surface area contributed by atoms with Crippen molar-refractivity contribution in [3.05, 3.63) is 94.8 Å². The van der Waals surface area contributed by atoms with E-state index in [4.69, 9.17) is 18.9 Å². The van der Waals surface area contributed by atoms with E-state index in [9.17, 15) is 9.18 Å². The number of hydrogen-bond acceptors (Lipinski definition) is 5. The molecule has 3 aromatic carbocycles. The summed E-state index contributed by atoms with van der Waals surface area (Å²) in [5.74, 6) is 0.0946. The molecule has 6 heteroatoms. The maximum Gasteiger partial charge on any atom is 0.344 e. The number of benzene rings is 3. The van der Waals surface area contributed by atoms with Crippen molar-refractivity contribution in [3.63, 3.8) is 0 Å². The minimum Gasteiger partial charge on any atom is -0.482 e. The second-order valence-electron chi connectivity index (χ2n) is 6.94. The van der Waals surface area contributed by atoms with Gasteiger partial charge in [-0.15, -0.1) is 0 Å². The van der Waals surface area contributed by atoms with Gasteiger partial charge in [-0.3, -0.25) is 0 Å². The summed E-state index contributed by atoms with van der Waals surface area (Å²) in [6.07, 6.45) is -0.608. The lowest BCUT2D eigenvalue weighted by Gasteiger charge is -2.28. The highest BCUT2D eigenvalue weighted by Crippen LogP contribution is 2.36. The van der Waals surface area contributed by atoms with E-state index in [0.717, 1.165) is 11.1 Å². The number of rotatable bonds is 6. The minimum atomic E-state index is -0.608. The number of fused-ring (bicyclic) bond motifs is 1. The van der Waals surface area contributed by atoms with Crippen molar-refractivity contribution >= 4 is 5.97 Å². The van der Waals surface area contributed by atoms with E-state index in [0.29, 0.717) is 22.6 Å². The van der Waals surface area contributed by atoms with Gasteiger partial charge in [0, 0.05) is 16.7 Å². The molecule has 0 amide bonds. The monoisotopic (exact) mass is 408 g/mol. The Morgan fingerprint density at radius 2 is 1.87 bits per heavy atom. The zero-order chi connectivity index (χ0) is 20.9. The fourth-order valence-corrected chi connectivity index (χ4v) is 3.21. The summed E-state index contributed by atoms with van der Waals surface area (Å²) in [6.45, 7) is 1.72. The molecule has 0 spiro atoms. The van der Waals surface area contributed by atoms with E-state index >= 15 is 0 Å². The van der Waals surface area contributed by atoms with Crippen LogP contribution >= 0.6 is 0 Å². The lowest BCUT2D eigenvalue weighted by atomic mass is 10.1. The first-order valence-electron chi connectivity index (χ1n) is 9.58. The van der Waals surface area contributed by atoms with E-state index in [1.54, 1.807) is 6.07 Å². The van der Waals surface area contributed by atoms with Crippen molar-refractivity contribution in [1.29, 1.82) is 0 Å². The number of aryl methyl sites for hydroxylation is 1. The largest absolute Gasteiger partial charge is 0.482 e. The second kappa shape index (κ2) is 8.97. The van der Waals surface area contributed by atoms with Gasteiger partial charge < -0.3 is 18.9 Å². The first kappa shape index (κ1) is 19.9. The minimum absolute atomic E-state index is 0.127. The summed E-state index contributed by atoms with van der Waals surface area (Å²) in [4.78, 5) is 12.1. The van der Waals surface area contributed by atoms with Crippen molar-refractivity contribution in [2.24, 2.45) is 0 Å². The normalized spacial score (nSPS) is 15.1. The number of para-hydroxylation sites is 1. The van der Waals surface area contributed by atoms with Gasteiger partial charge in [0.25, 0.3) is 0 Å². The maximum atomic E-state index is 14.0. The fraction of sp³-hybridized carbons (Fsp3) is 0.208. The molecule has 30 heavy (non-hydrogen) atoms. The zero-order valence-electron chi connectivity index (χ0n) is 16.5. The third kappa shape index (κ3) is 4.60. The van der Waals surface area contributed by atoms with Crippen LogP contribution in [0.5, 0.6) is 11.5 Å². The van der Waals surface area contributed by atoms with Crippen LogP contribution < -0.4 is 9.47 Å². The Kier molecular flexibility index (Phi) is 5.95. The van der Waals surface area contributed by atoms with E-state index in [1.807, 2.05) is 55.5 Å². The highest BCUT2D eigenvalue weighted by Gasteiger charge is 2.25. The molecule has 0 radical (unpaired) electrons. The summed E-state index contributed by atoms with van der Waals surface area (Å²) >= 11 is 0. The Morgan fingerprint density at radius 1 is 1.10 bits per heavy atom. The Bertz CT molecular complexity index is 1040. The van der Waals surface area contributed by atoms with Crippen LogP contribution in [0.2, 0.25) is 0 Å². The Labute approximate surface area is 174 Å².